The van der Waals surface area contributed by atoms with Crippen LogP contribution in [-0.4, -0.2) is 51.3 Å². The first kappa shape index (κ1) is 18.1. The van der Waals surface area contributed by atoms with Crippen LogP contribution in [0, 0.1) is 0 Å². The molecule has 0 amide bonds. The SMILES string of the molecule is C1=C(c2ccco2)CN(c2nnnn2C2CCN(Cc3ccccc3)CC2)CC1. The van der Waals surface area contributed by atoms with Crippen molar-refractivity contribution in [2.24, 2.45) is 0 Å². The first-order valence-electron chi connectivity index (χ1n) is 10.4. The van der Waals surface area contributed by atoms with Gasteiger partial charge in [-0.25, -0.2) is 4.68 Å². The number of rotatable bonds is 5. The van der Waals surface area contributed by atoms with Gasteiger partial charge in [0.1, 0.15) is 5.76 Å². The van der Waals surface area contributed by atoms with E-state index in [1.165, 1.54) is 11.1 Å². The Morgan fingerprint density at radius 2 is 1.86 bits per heavy atom. The Morgan fingerprint density at radius 3 is 2.66 bits per heavy atom. The third-order valence-electron chi connectivity index (χ3n) is 5.90. The molecule has 0 saturated carbocycles. The van der Waals surface area contributed by atoms with Crippen LogP contribution in [0.2, 0.25) is 0 Å². The minimum atomic E-state index is 0.352. The number of furan rings is 1. The van der Waals surface area contributed by atoms with E-state index in [4.69, 9.17) is 4.42 Å². The zero-order chi connectivity index (χ0) is 19.5. The molecule has 0 radical (unpaired) electrons. The second-order valence-electron chi connectivity index (χ2n) is 7.83. The molecule has 0 atom stereocenters. The van der Waals surface area contributed by atoms with Gasteiger partial charge in [0.05, 0.1) is 12.3 Å². The fourth-order valence-corrected chi connectivity index (χ4v) is 4.35. The number of aromatic nitrogens is 4. The van der Waals surface area contributed by atoms with E-state index in [0.29, 0.717) is 6.04 Å². The molecule has 0 spiro atoms. The van der Waals surface area contributed by atoms with Crippen LogP contribution in [-0.2, 0) is 6.54 Å². The Morgan fingerprint density at radius 1 is 1.00 bits per heavy atom. The Labute approximate surface area is 170 Å². The van der Waals surface area contributed by atoms with Crippen LogP contribution in [0.15, 0.2) is 59.2 Å². The fraction of sp³-hybridized carbons (Fsp3) is 0.409. The van der Waals surface area contributed by atoms with Crippen molar-refractivity contribution in [3.8, 4) is 0 Å². The van der Waals surface area contributed by atoms with Crippen molar-refractivity contribution in [2.75, 3.05) is 31.1 Å². The van der Waals surface area contributed by atoms with Crippen molar-refractivity contribution in [1.29, 1.82) is 0 Å². The number of benzene rings is 1. The summed E-state index contributed by atoms with van der Waals surface area (Å²) in [6.07, 6.45) is 7.09. The molecule has 150 valence electrons. The highest BCUT2D eigenvalue weighted by molar-refractivity contribution is 5.67. The summed E-state index contributed by atoms with van der Waals surface area (Å²) in [7, 11) is 0. The van der Waals surface area contributed by atoms with E-state index in [1.54, 1.807) is 6.26 Å². The number of anilines is 1. The maximum atomic E-state index is 5.59. The number of piperidine rings is 1. The van der Waals surface area contributed by atoms with Gasteiger partial charge in [-0.05, 0) is 47.4 Å². The van der Waals surface area contributed by atoms with Gasteiger partial charge in [0.15, 0.2) is 0 Å². The molecular weight excluding hydrogens is 364 g/mol. The van der Waals surface area contributed by atoms with Gasteiger partial charge < -0.3 is 9.32 Å². The van der Waals surface area contributed by atoms with Crippen molar-refractivity contribution in [3.05, 3.63) is 66.1 Å². The van der Waals surface area contributed by atoms with Crippen LogP contribution < -0.4 is 4.90 Å². The molecule has 7 nitrogen and oxygen atoms in total. The van der Waals surface area contributed by atoms with Crippen LogP contribution in [0.3, 0.4) is 0 Å². The molecular formula is C22H26N6O. The Hall–Kier alpha value is -2.93. The average Bonchev–Trinajstić information content (AvgIpc) is 3.48. The highest BCUT2D eigenvalue weighted by Gasteiger charge is 2.27. The number of tetrazole rings is 1. The van der Waals surface area contributed by atoms with Crippen molar-refractivity contribution >= 4 is 11.5 Å². The molecule has 1 fully saturated rings. The van der Waals surface area contributed by atoms with E-state index in [9.17, 15) is 0 Å². The molecule has 1 aromatic carbocycles. The largest absolute Gasteiger partial charge is 0.465 e. The van der Waals surface area contributed by atoms with Gasteiger partial charge in [-0.2, -0.15) is 0 Å². The number of hydrogen-bond acceptors (Lipinski definition) is 6. The first-order valence-corrected chi connectivity index (χ1v) is 10.4. The van der Waals surface area contributed by atoms with Crippen LogP contribution in [0.4, 0.5) is 5.95 Å². The van der Waals surface area contributed by atoms with Crippen molar-refractivity contribution in [1.82, 2.24) is 25.1 Å². The summed E-state index contributed by atoms with van der Waals surface area (Å²) in [5.74, 6) is 1.81. The number of likely N-dealkylation sites (tertiary alicyclic amines) is 1. The highest BCUT2D eigenvalue weighted by atomic mass is 16.3. The van der Waals surface area contributed by atoms with Gasteiger partial charge in [0.25, 0.3) is 0 Å². The lowest BCUT2D eigenvalue weighted by Crippen LogP contribution is -2.37. The minimum absolute atomic E-state index is 0.352. The molecule has 0 N–H and O–H groups in total. The number of nitrogens with zero attached hydrogens (tertiary/aromatic N) is 6. The topological polar surface area (TPSA) is 63.2 Å². The van der Waals surface area contributed by atoms with E-state index < -0.39 is 0 Å². The molecule has 2 aromatic heterocycles. The third kappa shape index (κ3) is 3.96. The molecule has 0 bridgehead atoms. The van der Waals surface area contributed by atoms with E-state index in [1.807, 2.05) is 16.8 Å². The first-order chi connectivity index (χ1) is 14.4. The second-order valence-corrected chi connectivity index (χ2v) is 7.83. The summed E-state index contributed by atoms with van der Waals surface area (Å²) >= 11 is 0. The monoisotopic (exact) mass is 390 g/mol. The molecule has 29 heavy (non-hydrogen) atoms. The maximum Gasteiger partial charge on any atom is 0.246 e. The lowest BCUT2D eigenvalue weighted by atomic mass is 10.0. The molecule has 0 unspecified atom stereocenters. The molecule has 1 saturated heterocycles. The summed E-state index contributed by atoms with van der Waals surface area (Å²) < 4.78 is 7.63. The molecule has 4 heterocycles. The normalized spacial score (nSPS) is 18.8. The molecule has 5 rings (SSSR count). The lowest BCUT2D eigenvalue weighted by Gasteiger charge is -2.34. The van der Waals surface area contributed by atoms with E-state index >= 15 is 0 Å². The average molecular weight is 390 g/mol. The zero-order valence-corrected chi connectivity index (χ0v) is 16.5. The zero-order valence-electron chi connectivity index (χ0n) is 16.5. The van der Waals surface area contributed by atoms with Gasteiger partial charge >= 0.3 is 0 Å². The van der Waals surface area contributed by atoms with Crippen molar-refractivity contribution < 1.29 is 4.42 Å². The van der Waals surface area contributed by atoms with E-state index in [-0.39, 0.29) is 0 Å². The van der Waals surface area contributed by atoms with Crippen molar-refractivity contribution in [2.45, 2.75) is 31.8 Å². The molecule has 2 aliphatic rings. The summed E-state index contributed by atoms with van der Waals surface area (Å²) in [6, 6.07) is 15.0. The molecule has 3 aromatic rings. The quantitative estimate of drug-likeness (QED) is 0.665. The van der Waals surface area contributed by atoms with Gasteiger partial charge in [0.2, 0.25) is 5.95 Å². The maximum absolute atomic E-state index is 5.59. The summed E-state index contributed by atoms with van der Waals surface area (Å²) in [4.78, 5) is 4.79. The predicted octanol–water partition coefficient (Wildman–Crippen LogP) is 3.40. The number of hydrogen-bond donors (Lipinski definition) is 0. The minimum Gasteiger partial charge on any atom is -0.465 e. The van der Waals surface area contributed by atoms with Gasteiger partial charge in [-0.3, -0.25) is 4.90 Å². The van der Waals surface area contributed by atoms with Gasteiger partial charge in [0, 0.05) is 38.3 Å². The van der Waals surface area contributed by atoms with Crippen LogP contribution in [0.1, 0.15) is 36.6 Å². The smallest absolute Gasteiger partial charge is 0.246 e. The summed E-state index contributed by atoms with van der Waals surface area (Å²) in [5, 5.41) is 12.8. The molecule has 2 aliphatic heterocycles. The second kappa shape index (κ2) is 8.21. The van der Waals surface area contributed by atoms with Crippen LogP contribution >= 0.6 is 0 Å². The lowest BCUT2D eigenvalue weighted by molar-refractivity contribution is 0.172. The Kier molecular flexibility index (Phi) is 5.13. The van der Waals surface area contributed by atoms with Crippen LogP contribution in [0.5, 0.6) is 0 Å². The fourth-order valence-electron chi connectivity index (χ4n) is 4.35. The van der Waals surface area contributed by atoms with E-state index in [2.05, 4.69) is 61.7 Å². The highest BCUT2D eigenvalue weighted by Crippen LogP contribution is 2.29. The summed E-state index contributed by atoms with van der Waals surface area (Å²) in [6.45, 7) is 4.85. The Bertz CT molecular complexity index is 941. The van der Waals surface area contributed by atoms with E-state index in [0.717, 1.165) is 63.7 Å². The van der Waals surface area contributed by atoms with Gasteiger partial charge in [-0.1, -0.05) is 41.5 Å². The standard InChI is InChI=1S/C22H26N6O/c1-2-6-18(7-3-1)16-26-13-10-20(11-14-26)28-22(23-24-25-28)27-12-4-8-19(17-27)21-9-5-15-29-21/h1-3,5-9,15,20H,4,10-14,16-17H2. The van der Waals surface area contributed by atoms with Crippen molar-refractivity contribution in [3.63, 3.8) is 0 Å². The third-order valence-corrected chi connectivity index (χ3v) is 5.90. The Balaban J connectivity index is 1.24. The van der Waals surface area contributed by atoms with Crippen LogP contribution in [0.25, 0.3) is 5.57 Å². The predicted molar refractivity (Wildman–Crippen MR) is 111 cm³/mol. The summed E-state index contributed by atoms with van der Waals surface area (Å²) in [5.41, 5.74) is 2.58. The van der Waals surface area contributed by atoms with Gasteiger partial charge in [-0.15, -0.1) is 0 Å². The molecule has 0 aliphatic carbocycles. The molecule has 7 heteroatoms.